The molecule has 0 saturated heterocycles. The molecule has 4 nitrogen and oxygen atoms in total. The number of hydrogen-bond acceptors (Lipinski definition) is 3. The van der Waals surface area contributed by atoms with Crippen molar-refractivity contribution in [1.82, 2.24) is 4.98 Å². The molecule has 0 saturated carbocycles. The lowest BCUT2D eigenvalue weighted by Crippen LogP contribution is -2.07. The molecule has 1 unspecified atom stereocenters. The molecule has 2 aromatic rings. The molecule has 2 N–H and O–H groups in total. The van der Waals surface area contributed by atoms with Gasteiger partial charge < -0.3 is 14.8 Å². The minimum absolute atomic E-state index is 0.0294. The predicted molar refractivity (Wildman–Crippen MR) is 59.9 cm³/mol. The number of carbonyl (C=O) groups excluding carboxylic acids is 1. The number of esters is 1. The molecule has 0 aliphatic carbocycles. The van der Waals surface area contributed by atoms with Gasteiger partial charge in [-0.25, -0.2) is 0 Å². The fourth-order valence-electron chi connectivity index (χ4n) is 1.72. The Balaban J connectivity index is 2.29. The third-order valence-corrected chi connectivity index (χ3v) is 2.57. The van der Waals surface area contributed by atoms with E-state index in [1.807, 2.05) is 24.3 Å². The maximum Gasteiger partial charge on any atom is 0.308 e. The largest absolute Gasteiger partial charge is 0.469 e. The van der Waals surface area contributed by atoms with Gasteiger partial charge in [0.1, 0.15) is 0 Å². The molecule has 0 amide bonds. The van der Waals surface area contributed by atoms with Gasteiger partial charge in [-0.3, -0.25) is 4.79 Å². The van der Waals surface area contributed by atoms with Gasteiger partial charge in [-0.2, -0.15) is 0 Å². The van der Waals surface area contributed by atoms with E-state index in [1.165, 1.54) is 7.11 Å². The number of aliphatic hydroxyl groups is 1. The molecule has 1 aromatic heterocycles. The van der Waals surface area contributed by atoms with Crippen LogP contribution in [-0.4, -0.2) is 23.2 Å². The molecule has 0 spiro atoms. The van der Waals surface area contributed by atoms with Gasteiger partial charge in [-0.05, 0) is 6.07 Å². The van der Waals surface area contributed by atoms with Crippen LogP contribution in [0.25, 0.3) is 10.9 Å². The number of fused-ring (bicyclic) bond motifs is 1. The van der Waals surface area contributed by atoms with Crippen molar-refractivity contribution in [2.75, 3.05) is 7.11 Å². The first-order valence-electron chi connectivity index (χ1n) is 5.03. The highest BCUT2D eigenvalue weighted by Gasteiger charge is 2.16. The average molecular weight is 219 g/mol. The van der Waals surface area contributed by atoms with Gasteiger partial charge in [-0.15, -0.1) is 0 Å². The molecule has 0 aliphatic heterocycles. The first-order chi connectivity index (χ1) is 7.72. The summed E-state index contributed by atoms with van der Waals surface area (Å²) < 4.78 is 4.52. The van der Waals surface area contributed by atoms with E-state index in [2.05, 4.69) is 9.72 Å². The van der Waals surface area contributed by atoms with Gasteiger partial charge in [0.2, 0.25) is 0 Å². The molecule has 1 heterocycles. The van der Waals surface area contributed by atoms with Gasteiger partial charge in [0, 0.05) is 22.7 Å². The summed E-state index contributed by atoms with van der Waals surface area (Å²) in [6, 6.07) is 7.63. The number of rotatable bonds is 3. The van der Waals surface area contributed by atoms with Crippen molar-refractivity contribution in [3.63, 3.8) is 0 Å². The van der Waals surface area contributed by atoms with Crippen LogP contribution in [0.2, 0.25) is 0 Å². The van der Waals surface area contributed by atoms with Crippen molar-refractivity contribution in [2.24, 2.45) is 0 Å². The summed E-state index contributed by atoms with van der Waals surface area (Å²) in [4.78, 5) is 14.1. The highest BCUT2D eigenvalue weighted by atomic mass is 16.5. The Morgan fingerprint density at radius 1 is 1.50 bits per heavy atom. The van der Waals surface area contributed by atoms with E-state index in [4.69, 9.17) is 0 Å². The van der Waals surface area contributed by atoms with Gasteiger partial charge in [0.05, 0.1) is 19.6 Å². The molecule has 4 heteroatoms. The number of para-hydroxylation sites is 1. The van der Waals surface area contributed by atoms with Crippen molar-refractivity contribution >= 4 is 16.9 Å². The summed E-state index contributed by atoms with van der Waals surface area (Å²) in [5.74, 6) is -0.419. The Hall–Kier alpha value is -1.81. The molecule has 0 fully saturated rings. The number of methoxy groups -OCH3 is 1. The third kappa shape index (κ3) is 1.92. The fourth-order valence-corrected chi connectivity index (χ4v) is 1.72. The zero-order valence-corrected chi connectivity index (χ0v) is 8.93. The smallest absolute Gasteiger partial charge is 0.308 e. The van der Waals surface area contributed by atoms with E-state index in [-0.39, 0.29) is 6.42 Å². The molecule has 1 atom stereocenters. The number of hydrogen-bond donors (Lipinski definition) is 2. The molecule has 0 aliphatic rings. The molecule has 16 heavy (non-hydrogen) atoms. The van der Waals surface area contributed by atoms with E-state index in [0.29, 0.717) is 0 Å². The van der Waals surface area contributed by atoms with Gasteiger partial charge >= 0.3 is 5.97 Å². The summed E-state index contributed by atoms with van der Waals surface area (Å²) >= 11 is 0. The number of carbonyl (C=O) groups is 1. The first kappa shape index (κ1) is 10.7. The van der Waals surface area contributed by atoms with E-state index in [9.17, 15) is 9.90 Å². The van der Waals surface area contributed by atoms with Crippen LogP contribution < -0.4 is 0 Å². The van der Waals surface area contributed by atoms with Crippen molar-refractivity contribution in [1.29, 1.82) is 0 Å². The summed E-state index contributed by atoms with van der Waals surface area (Å²) in [7, 11) is 1.31. The molecular weight excluding hydrogens is 206 g/mol. The normalized spacial score (nSPS) is 12.6. The van der Waals surface area contributed by atoms with Crippen LogP contribution in [0, 0.1) is 0 Å². The minimum atomic E-state index is -0.830. The lowest BCUT2D eigenvalue weighted by atomic mass is 10.1. The van der Waals surface area contributed by atoms with Crippen molar-refractivity contribution in [3.8, 4) is 0 Å². The fraction of sp³-hybridized carbons (Fsp3) is 0.250. The number of nitrogens with one attached hydrogen (secondary N) is 1. The van der Waals surface area contributed by atoms with E-state index in [1.54, 1.807) is 6.20 Å². The Labute approximate surface area is 92.9 Å². The minimum Gasteiger partial charge on any atom is -0.469 e. The van der Waals surface area contributed by atoms with E-state index < -0.39 is 12.1 Å². The summed E-state index contributed by atoms with van der Waals surface area (Å²) in [6.45, 7) is 0. The molecule has 0 radical (unpaired) electrons. The number of aliphatic hydroxyl groups excluding tert-OH is 1. The summed E-state index contributed by atoms with van der Waals surface area (Å²) in [5.41, 5.74) is 1.67. The van der Waals surface area contributed by atoms with Gasteiger partial charge in [-0.1, -0.05) is 18.2 Å². The third-order valence-electron chi connectivity index (χ3n) is 2.57. The molecule has 2 rings (SSSR count). The zero-order chi connectivity index (χ0) is 11.5. The van der Waals surface area contributed by atoms with Gasteiger partial charge in [0.15, 0.2) is 0 Å². The Morgan fingerprint density at radius 3 is 3.00 bits per heavy atom. The maximum atomic E-state index is 11.1. The van der Waals surface area contributed by atoms with E-state index in [0.717, 1.165) is 16.5 Å². The average Bonchev–Trinajstić information content (AvgIpc) is 2.72. The number of ether oxygens (including phenoxy) is 1. The van der Waals surface area contributed by atoms with Crippen LogP contribution in [0.4, 0.5) is 0 Å². The van der Waals surface area contributed by atoms with Crippen LogP contribution >= 0.6 is 0 Å². The molecule has 0 bridgehead atoms. The Morgan fingerprint density at radius 2 is 2.25 bits per heavy atom. The lowest BCUT2D eigenvalue weighted by Gasteiger charge is -2.07. The highest BCUT2D eigenvalue weighted by Crippen LogP contribution is 2.25. The van der Waals surface area contributed by atoms with Crippen LogP contribution in [0.1, 0.15) is 18.1 Å². The van der Waals surface area contributed by atoms with Crippen molar-refractivity contribution in [2.45, 2.75) is 12.5 Å². The number of H-pyrrole nitrogens is 1. The number of aromatic amines is 1. The van der Waals surface area contributed by atoms with Crippen molar-refractivity contribution < 1.29 is 14.6 Å². The second-order valence-corrected chi connectivity index (χ2v) is 3.59. The van der Waals surface area contributed by atoms with Crippen LogP contribution in [-0.2, 0) is 9.53 Å². The standard InChI is InChI=1S/C12H13NO3/c1-16-12(15)6-11(14)9-7-13-10-5-3-2-4-8(9)10/h2-5,7,11,13-14H,6H2,1H3. The SMILES string of the molecule is COC(=O)CC(O)c1c[nH]c2ccccc12. The van der Waals surface area contributed by atoms with E-state index >= 15 is 0 Å². The summed E-state index contributed by atoms with van der Waals surface area (Å²) in [5, 5.41) is 10.8. The topological polar surface area (TPSA) is 62.3 Å². The summed E-state index contributed by atoms with van der Waals surface area (Å²) in [6.07, 6.45) is 0.861. The maximum absolute atomic E-state index is 11.1. The number of aromatic nitrogens is 1. The zero-order valence-electron chi connectivity index (χ0n) is 8.93. The van der Waals surface area contributed by atoms with Gasteiger partial charge in [0.25, 0.3) is 0 Å². The second-order valence-electron chi connectivity index (χ2n) is 3.59. The first-order valence-corrected chi connectivity index (χ1v) is 5.03. The second kappa shape index (κ2) is 4.37. The highest BCUT2D eigenvalue weighted by molar-refractivity contribution is 5.84. The predicted octanol–water partition coefficient (Wildman–Crippen LogP) is 1.76. The van der Waals surface area contributed by atoms with Crippen LogP contribution in [0.15, 0.2) is 30.5 Å². The van der Waals surface area contributed by atoms with Crippen LogP contribution in [0.5, 0.6) is 0 Å². The molecular formula is C12H13NO3. The van der Waals surface area contributed by atoms with Crippen LogP contribution in [0.3, 0.4) is 0 Å². The number of benzene rings is 1. The van der Waals surface area contributed by atoms with Crippen molar-refractivity contribution in [3.05, 3.63) is 36.0 Å². The molecule has 84 valence electrons. The molecule has 1 aromatic carbocycles. The lowest BCUT2D eigenvalue weighted by molar-refractivity contribution is -0.142. The Bertz CT molecular complexity index is 504. The Kier molecular flexibility index (Phi) is 2.92. The quantitative estimate of drug-likeness (QED) is 0.773. The monoisotopic (exact) mass is 219 g/mol.